The van der Waals surface area contributed by atoms with Gasteiger partial charge in [0.25, 0.3) is 0 Å². The number of aliphatic hydroxyl groups excluding tert-OH is 3. The van der Waals surface area contributed by atoms with Gasteiger partial charge in [-0.2, -0.15) is 0 Å². The van der Waals surface area contributed by atoms with Crippen LogP contribution in [0.1, 0.15) is 125 Å². The maximum Gasteiger partial charge on any atom is 0.305 e. The van der Waals surface area contributed by atoms with E-state index in [2.05, 4.69) is 31.9 Å². The molecule has 4 aromatic rings. The van der Waals surface area contributed by atoms with Crippen LogP contribution in [-0.4, -0.2) is 159 Å². The van der Waals surface area contributed by atoms with Crippen LogP contribution < -0.4 is 59.6 Å². The smallest absolute Gasteiger partial charge is 0.305 e. The molecule has 0 aliphatic heterocycles. The topological polar surface area (TPSA) is 454 Å². The minimum atomic E-state index is -2.06. The molecule has 0 aliphatic rings. The number of aliphatic hydroxyl groups is 3. The third kappa shape index (κ3) is 25.7. The number of nitrogens with one attached hydrogen (secondary N) is 6. The number of carboxylic acid groups (broad SMARTS) is 1. The molecule has 0 radical (unpaired) electrons. The summed E-state index contributed by atoms with van der Waals surface area (Å²) in [5, 5.41) is 56.4. The number of halogens is 1. The Morgan fingerprint density at radius 3 is 1.84 bits per heavy atom. The predicted octanol–water partition coefficient (Wildman–Crippen LogP) is 1.13. The van der Waals surface area contributed by atoms with E-state index in [0.29, 0.717) is 43.7 Å². The van der Waals surface area contributed by atoms with Crippen LogP contribution >= 0.6 is 0 Å². The summed E-state index contributed by atoms with van der Waals surface area (Å²) in [4.78, 5) is 148. The van der Waals surface area contributed by atoms with Gasteiger partial charge in [0.1, 0.15) is 53.6 Å². The number of aryl methyl sites for hydroxylation is 4. The van der Waals surface area contributed by atoms with E-state index in [-0.39, 0.29) is 31.2 Å². The van der Waals surface area contributed by atoms with Crippen molar-refractivity contribution in [2.45, 2.75) is 186 Å². The van der Waals surface area contributed by atoms with Crippen molar-refractivity contribution in [2.24, 2.45) is 28.3 Å². The lowest BCUT2D eigenvalue weighted by Crippen LogP contribution is -2.62. The second-order valence-corrected chi connectivity index (χ2v) is 24.3. The standard InChI is InChI=1S/C68H93FN10O16/c1-7-44-33-47(95-28-11-10-27-70)21-22-48(44)45-19-17-42(18-20-45)32-52(63(90)74-51(62(73)89)16-12-13-43-30-38(2)29-39(3)31-43)75-64(91)53(34-59(87)88)76-65(92)54(37-80)77-66(93)61(41(5)82)79-67(94)68(6,35-46-14-8-9-15-49(46)69)36-56(84)60(40(4)81)78-58(86)26-24-55(83)50(71)23-25-57(72)85/h8-9,14-15,17-22,29-31,33,40-41,50-54,60-61,80-82H,7,10-13,16,23-28,32,34-37,70-71H2,1-6H3,(H2,72,85)(H2,73,89)(H,74,90)(H,75,91)(H,76,92)(H,77,93)(H,78,86)(H,79,94)(H,87,88)/t40-,41-,50+,51+,52+,53+,54+,60+,61+,68-/m1/s1. The molecule has 0 saturated carbocycles. The normalized spacial score (nSPS) is 14.7. The number of amides is 8. The summed E-state index contributed by atoms with van der Waals surface area (Å²) in [5.74, 6) is -11.8. The number of rotatable bonds is 42. The molecule has 0 spiro atoms. The lowest BCUT2D eigenvalue weighted by atomic mass is 9.76. The average Bonchev–Trinajstić information content (AvgIpc) is 0.820. The van der Waals surface area contributed by atoms with Gasteiger partial charge in [0.05, 0.1) is 43.3 Å². The predicted molar refractivity (Wildman–Crippen MR) is 350 cm³/mol. The maximum absolute atomic E-state index is 15.3. The summed E-state index contributed by atoms with van der Waals surface area (Å²) in [6, 6.07) is 12.3. The van der Waals surface area contributed by atoms with Crippen molar-refractivity contribution in [2.75, 3.05) is 19.8 Å². The molecule has 27 heteroatoms. The zero-order valence-electron chi connectivity index (χ0n) is 54.7. The number of hydrogen-bond acceptors (Lipinski definition) is 17. The van der Waals surface area contributed by atoms with Crippen LogP contribution in [0.25, 0.3) is 11.1 Å². The highest BCUT2D eigenvalue weighted by Crippen LogP contribution is 2.32. The minimum absolute atomic E-state index is 0.0774. The summed E-state index contributed by atoms with van der Waals surface area (Å²) in [6.07, 6.45) is -4.09. The number of ketones is 2. The lowest BCUT2D eigenvalue weighted by molar-refractivity contribution is -0.142. The van der Waals surface area contributed by atoms with E-state index in [1.165, 1.54) is 25.1 Å². The Bertz CT molecular complexity index is 3310. The number of aliphatic carboxylic acids is 1. The van der Waals surface area contributed by atoms with Gasteiger partial charge in [0, 0.05) is 32.1 Å². The lowest BCUT2D eigenvalue weighted by Gasteiger charge is -2.33. The molecular weight excluding hydrogens is 1230 g/mol. The largest absolute Gasteiger partial charge is 0.494 e. The van der Waals surface area contributed by atoms with E-state index >= 15 is 4.39 Å². The fraction of sp³-hybridized carbons (Fsp3) is 0.485. The van der Waals surface area contributed by atoms with E-state index in [4.69, 9.17) is 27.7 Å². The SMILES string of the molecule is CCc1cc(OCCCCN)ccc1-c1ccc(C[C@H](NC(=O)[C@H](CC(=O)O)NC(=O)[C@H](CO)NC(=O)[C@@H](NC(=O)[C@@](C)(CC(=O)[C@@H](NC(=O)CCC(=O)[C@@H](N)CCC(N)=O)[C@@H](C)O)Cc2ccccc2F)[C@@H](C)O)C(=O)N[C@@H](CCCc2cc(C)cc(C)c2)C(N)=O)cc1. The number of Topliss-reactive ketones (excluding diaryl/α,β-unsaturated/α-hetero) is 2. The van der Waals surface area contributed by atoms with E-state index in [9.17, 15) is 73.2 Å². The van der Waals surface area contributed by atoms with Crippen molar-refractivity contribution in [3.8, 4) is 16.9 Å². The van der Waals surface area contributed by atoms with E-state index in [1.807, 2.05) is 69.3 Å². The molecule has 10 atom stereocenters. The Morgan fingerprint density at radius 1 is 0.642 bits per heavy atom. The molecule has 18 N–H and O–H groups in total. The number of ether oxygens (including phenoxy) is 1. The van der Waals surface area contributed by atoms with E-state index in [0.717, 1.165) is 66.1 Å². The van der Waals surface area contributed by atoms with Gasteiger partial charge in [0.15, 0.2) is 5.78 Å². The molecular formula is C68H93FN10O16. The quantitative estimate of drug-likeness (QED) is 0.0277. The average molecular weight is 1330 g/mol. The van der Waals surface area contributed by atoms with E-state index in [1.54, 1.807) is 12.1 Å². The molecule has 0 heterocycles. The minimum Gasteiger partial charge on any atom is -0.494 e. The van der Waals surface area contributed by atoms with Gasteiger partial charge in [-0.15, -0.1) is 0 Å². The van der Waals surface area contributed by atoms with Gasteiger partial charge in [-0.25, -0.2) is 4.39 Å². The van der Waals surface area contributed by atoms with Crippen LogP contribution in [0.4, 0.5) is 4.39 Å². The highest BCUT2D eigenvalue weighted by Gasteiger charge is 2.43. The van der Waals surface area contributed by atoms with Gasteiger partial charge in [-0.05, 0) is 137 Å². The summed E-state index contributed by atoms with van der Waals surface area (Å²) in [5.41, 5.74) is 26.5. The first-order chi connectivity index (χ1) is 44.9. The molecule has 4 aromatic carbocycles. The van der Waals surface area contributed by atoms with Crippen molar-refractivity contribution in [1.29, 1.82) is 0 Å². The molecule has 0 aromatic heterocycles. The van der Waals surface area contributed by atoms with Crippen LogP contribution in [-0.2, 0) is 78.4 Å². The number of carbonyl (C=O) groups excluding carboxylic acids is 10. The first kappa shape index (κ1) is 78.4. The van der Waals surface area contributed by atoms with Crippen molar-refractivity contribution in [3.63, 3.8) is 0 Å². The Balaban J connectivity index is 1.59. The molecule has 0 aliphatic carbocycles. The Kier molecular flexibility index (Phi) is 31.7. The van der Waals surface area contributed by atoms with Gasteiger partial charge < -0.3 is 80.0 Å². The van der Waals surface area contributed by atoms with Gasteiger partial charge >= 0.3 is 5.97 Å². The Hall–Kier alpha value is -9.02. The van der Waals surface area contributed by atoms with Crippen molar-refractivity contribution < 1.29 is 82.3 Å². The number of nitrogens with two attached hydrogens (primary N) is 4. The van der Waals surface area contributed by atoms with Crippen LogP contribution in [0.5, 0.6) is 5.75 Å². The van der Waals surface area contributed by atoms with Crippen molar-refractivity contribution in [1.82, 2.24) is 31.9 Å². The van der Waals surface area contributed by atoms with Crippen LogP contribution in [0.15, 0.2) is 84.9 Å². The van der Waals surface area contributed by atoms with E-state index < -0.39 is 169 Å². The second-order valence-electron chi connectivity index (χ2n) is 24.3. The highest BCUT2D eigenvalue weighted by atomic mass is 19.1. The van der Waals surface area contributed by atoms with Gasteiger partial charge in [-0.1, -0.05) is 91.7 Å². The number of hydrogen-bond donors (Lipinski definition) is 14. The van der Waals surface area contributed by atoms with Crippen LogP contribution in [0.2, 0.25) is 0 Å². The molecule has 0 unspecified atom stereocenters. The second kappa shape index (κ2) is 38.4. The van der Waals surface area contributed by atoms with Crippen molar-refractivity contribution >= 4 is 64.8 Å². The number of unbranched alkanes of at least 4 members (excludes halogenated alkanes) is 1. The molecule has 0 fully saturated rings. The van der Waals surface area contributed by atoms with Gasteiger partial charge in [0.2, 0.25) is 47.3 Å². The van der Waals surface area contributed by atoms with Crippen LogP contribution in [0, 0.1) is 25.1 Å². The fourth-order valence-corrected chi connectivity index (χ4v) is 10.7. The van der Waals surface area contributed by atoms with Crippen LogP contribution in [0.3, 0.4) is 0 Å². The third-order valence-corrected chi connectivity index (χ3v) is 16.0. The first-order valence-electron chi connectivity index (χ1n) is 31.6. The summed E-state index contributed by atoms with van der Waals surface area (Å²) >= 11 is 0. The van der Waals surface area contributed by atoms with Gasteiger partial charge in [-0.3, -0.25) is 52.7 Å². The first-order valence-corrected chi connectivity index (χ1v) is 31.6. The molecule has 518 valence electrons. The monoisotopic (exact) mass is 1320 g/mol. The Morgan fingerprint density at radius 2 is 1.25 bits per heavy atom. The number of primary amides is 2. The summed E-state index contributed by atoms with van der Waals surface area (Å²) < 4.78 is 21.2. The summed E-state index contributed by atoms with van der Waals surface area (Å²) in [6.45, 7) is 9.14. The molecule has 4 rings (SSSR count). The molecule has 8 amide bonds. The highest BCUT2D eigenvalue weighted by molar-refractivity contribution is 5.99. The molecule has 26 nitrogen and oxygen atoms in total. The van der Waals surface area contributed by atoms with Crippen molar-refractivity contribution in [3.05, 3.63) is 124 Å². The molecule has 0 bridgehead atoms. The maximum atomic E-state index is 15.3. The molecule has 95 heavy (non-hydrogen) atoms. The fourth-order valence-electron chi connectivity index (χ4n) is 10.7. The zero-order valence-corrected chi connectivity index (χ0v) is 54.7. The Labute approximate surface area is 552 Å². The molecule has 0 saturated heterocycles. The zero-order chi connectivity index (χ0) is 70.7. The summed E-state index contributed by atoms with van der Waals surface area (Å²) in [7, 11) is 0. The number of carboxylic acids is 1. The third-order valence-electron chi connectivity index (χ3n) is 16.0. The number of carbonyl (C=O) groups is 11. The number of benzene rings is 4.